The zero-order valence-corrected chi connectivity index (χ0v) is 13.9. The van der Waals surface area contributed by atoms with Gasteiger partial charge < -0.3 is 9.26 Å². The molecule has 3 rings (SSSR count). The van der Waals surface area contributed by atoms with Gasteiger partial charge in [0.2, 0.25) is 10.0 Å². The van der Waals surface area contributed by atoms with Gasteiger partial charge in [0.05, 0.1) is 17.6 Å². The Hall–Kier alpha value is -0.960. The van der Waals surface area contributed by atoms with Gasteiger partial charge in [-0.15, -0.1) is 0 Å². The second kappa shape index (κ2) is 5.92. The molecule has 2 aliphatic rings. The number of likely N-dealkylation sites (tertiary alicyclic amines) is 1. The van der Waals surface area contributed by atoms with Gasteiger partial charge >= 0.3 is 0 Å². The van der Waals surface area contributed by atoms with Crippen molar-refractivity contribution in [3.8, 4) is 0 Å². The average Bonchev–Trinajstić information content (AvgIpc) is 2.96. The first-order valence-electron chi connectivity index (χ1n) is 7.59. The van der Waals surface area contributed by atoms with E-state index in [1.165, 1.54) is 6.26 Å². The quantitative estimate of drug-likeness (QED) is 0.873. The maximum absolute atomic E-state index is 11.4. The second-order valence-corrected chi connectivity index (χ2v) is 8.28. The SMILES string of the molecule is Cc1cc(CN2CC[C@@]3(C[C@@H](NS(C)(=O)=O)CCO3)C2)no1. The normalized spacial score (nSPS) is 30.2. The molecule has 3 heterocycles. The Kier molecular flexibility index (Phi) is 4.28. The highest BCUT2D eigenvalue weighted by Gasteiger charge is 2.43. The third-order valence-electron chi connectivity index (χ3n) is 4.33. The number of aryl methyl sites for hydroxylation is 1. The second-order valence-electron chi connectivity index (χ2n) is 6.50. The number of nitrogens with one attached hydrogen (secondary N) is 1. The van der Waals surface area contributed by atoms with Crippen molar-refractivity contribution in [1.29, 1.82) is 0 Å². The van der Waals surface area contributed by atoms with Crippen LogP contribution in [0, 0.1) is 6.92 Å². The summed E-state index contributed by atoms with van der Waals surface area (Å²) in [5, 5.41) is 4.03. The smallest absolute Gasteiger partial charge is 0.208 e. The van der Waals surface area contributed by atoms with Crippen LogP contribution in [0.4, 0.5) is 0 Å². The van der Waals surface area contributed by atoms with Gasteiger partial charge in [-0.1, -0.05) is 5.16 Å². The van der Waals surface area contributed by atoms with Gasteiger partial charge in [-0.05, 0) is 26.2 Å². The molecule has 1 aromatic heterocycles. The van der Waals surface area contributed by atoms with Crippen molar-refractivity contribution >= 4 is 10.0 Å². The molecular formula is C14H23N3O4S. The van der Waals surface area contributed by atoms with E-state index in [0.717, 1.165) is 50.4 Å². The lowest BCUT2D eigenvalue weighted by atomic mass is 9.90. The van der Waals surface area contributed by atoms with Gasteiger partial charge in [-0.25, -0.2) is 13.1 Å². The van der Waals surface area contributed by atoms with E-state index in [9.17, 15) is 8.42 Å². The third-order valence-corrected chi connectivity index (χ3v) is 5.09. The van der Waals surface area contributed by atoms with Gasteiger partial charge in [0.15, 0.2) is 0 Å². The van der Waals surface area contributed by atoms with Crippen molar-refractivity contribution in [1.82, 2.24) is 14.8 Å². The first kappa shape index (κ1) is 15.9. The van der Waals surface area contributed by atoms with Crippen molar-refractivity contribution in [2.24, 2.45) is 0 Å². The summed E-state index contributed by atoms with van der Waals surface area (Å²) in [5.74, 6) is 0.815. The highest BCUT2D eigenvalue weighted by Crippen LogP contribution is 2.35. The molecular weight excluding hydrogens is 306 g/mol. The van der Waals surface area contributed by atoms with Crippen LogP contribution in [0.5, 0.6) is 0 Å². The Labute approximate surface area is 131 Å². The van der Waals surface area contributed by atoms with Crippen molar-refractivity contribution < 1.29 is 17.7 Å². The van der Waals surface area contributed by atoms with Crippen LogP contribution in [0.2, 0.25) is 0 Å². The number of ether oxygens (including phenoxy) is 1. The van der Waals surface area contributed by atoms with Crippen LogP contribution < -0.4 is 4.72 Å². The Morgan fingerprint density at radius 2 is 2.36 bits per heavy atom. The fourth-order valence-electron chi connectivity index (χ4n) is 3.50. The molecule has 0 radical (unpaired) electrons. The highest BCUT2D eigenvalue weighted by atomic mass is 32.2. The van der Waals surface area contributed by atoms with Crippen LogP contribution in [0.1, 0.15) is 30.7 Å². The van der Waals surface area contributed by atoms with Crippen molar-refractivity contribution in [2.45, 2.75) is 44.4 Å². The molecule has 0 aliphatic carbocycles. The summed E-state index contributed by atoms with van der Waals surface area (Å²) in [7, 11) is -3.17. The minimum atomic E-state index is -3.17. The van der Waals surface area contributed by atoms with E-state index in [1.54, 1.807) is 0 Å². The minimum absolute atomic E-state index is 0.0296. The molecule has 2 saturated heterocycles. The van der Waals surface area contributed by atoms with Crippen molar-refractivity contribution in [3.05, 3.63) is 17.5 Å². The molecule has 1 spiro atoms. The van der Waals surface area contributed by atoms with Crippen LogP contribution >= 0.6 is 0 Å². The maximum atomic E-state index is 11.4. The van der Waals surface area contributed by atoms with Gasteiger partial charge in [0.1, 0.15) is 5.76 Å². The van der Waals surface area contributed by atoms with Crippen LogP contribution in [0.15, 0.2) is 10.6 Å². The van der Waals surface area contributed by atoms with E-state index in [0.29, 0.717) is 6.61 Å². The molecule has 22 heavy (non-hydrogen) atoms. The number of hydrogen-bond donors (Lipinski definition) is 1. The predicted molar refractivity (Wildman–Crippen MR) is 80.8 cm³/mol. The predicted octanol–water partition coefficient (Wildman–Crippen LogP) is 0.656. The molecule has 2 aliphatic heterocycles. The highest BCUT2D eigenvalue weighted by molar-refractivity contribution is 7.88. The lowest BCUT2D eigenvalue weighted by Gasteiger charge is -2.38. The van der Waals surface area contributed by atoms with E-state index < -0.39 is 10.0 Å². The van der Waals surface area contributed by atoms with Gasteiger partial charge in [0, 0.05) is 38.3 Å². The lowest BCUT2D eigenvalue weighted by Crippen LogP contribution is -2.49. The van der Waals surface area contributed by atoms with Crippen LogP contribution in [0.3, 0.4) is 0 Å². The monoisotopic (exact) mass is 329 g/mol. The first-order chi connectivity index (χ1) is 10.3. The number of nitrogens with zero attached hydrogens (tertiary/aromatic N) is 2. The molecule has 0 aromatic carbocycles. The Morgan fingerprint density at radius 1 is 1.55 bits per heavy atom. The van der Waals surface area contributed by atoms with Gasteiger partial charge in [-0.3, -0.25) is 4.90 Å². The number of hydrogen-bond acceptors (Lipinski definition) is 6. The van der Waals surface area contributed by atoms with E-state index >= 15 is 0 Å². The molecule has 7 nitrogen and oxygen atoms in total. The standard InChI is InChI=1S/C14H23N3O4S/c1-11-7-13(15-21-11)9-17-5-4-14(10-17)8-12(3-6-20-14)16-22(2,18)19/h7,12,16H,3-6,8-10H2,1-2H3/t12-,14+/m0/s1. The first-order valence-corrected chi connectivity index (χ1v) is 9.49. The van der Waals surface area contributed by atoms with Gasteiger partial charge in [0.25, 0.3) is 0 Å². The molecule has 0 saturated carbocycles. The van der Waals surface area contributed by atoms with E-state index in [4.69, 9.17) is 9.26 Å². The Bertz CT molecular complexity index is 630. The molecule has 0 bridgehead atoms. The molecule has 1 N–H and O–H groups in total. The number of rotatable bonds is 4. The van der Waals surface area contributed by atoms with E-state index in [1.807, 2.05) is 13.0 Å². The average molecular weight is 329 g/mol. The largest absolute Gasteiger partial charge is 0.373 e. The number of sulfonamides is 1. The molecule has 2 atom stereocenters. The maximum Gasteiger partial charge on any atom is 0.208 e. The van der Waals surface area contributed by atoms with Crippen LogP contribution in [0.25, 0.3) is 0 Å². The summed E-state index contributed by atoms with van der Waals surface area (Å²) in [5.41, 5.74) is 0.690. The summed E-state index contributed by atoms with van der Waals surface area (Å²) < 4.78 is 36.7. The minimum Gasteiger partial charge on any atom is -0.373 e. The molecule has 1 aromatic rings. The molecule has 124 valence electrons. The summed E-state index contributed by atoms with van der Waals surface area (Å²) >= 11 is 0. The summed E-state index contributed by atoms with van der Waals surface area (Å²) in [6.45, 7) is 4.96. The summed E-state index contributed by atoms with van der Waals surface area (Å²) in [4.78, 5) is 2.29. The van der Waals surface area contributed by atoms with Crippen molar-refractivity contribution in [2.75, 3.05) is 26.0 Å². The number of aromatic nitrogens is 1. The van der Waals surface area contributed by atoms with Crippen molar-refractivity contribution in [3.63, 3.8) is 0 Å². The van der Waals surface area contributed by atoms with E-state index in [-0.39, 0.29) is 11.6 Å². The molecule has 2 fully saturated rings. The van der Waals surface area contributed by atoms with Crippen LogP contribution in [-0.4, -0.2) is 56.1 Å². The fourth-order valence-corrected chi connectivity index (χ4v) is 4.31. The summed E-state index contributed by atoms with van der Waals surface area (Å²) in [6.07, 6.45) is 3.60. The van der Waals surface area contributed by atoms with E-state index in [2.05, 4.69) is 14.8 Å². The third kappa shape index (κ3) is 3.87. The zero-order chi connectivity index (χ0) is 15.8. The molecule has 0 amide bonds. The fraction of sp³-hybridized carbons (Fsp3) is 0.786. The molecule has 0 unspecified atom stereocenters. The Morgan fingerprint density at radius 3 is 3.05 bits per heavy atom. The Balaban J connectivity index is 1.60. The lowest BCUT2D eigenvalue weighted by molar-refractivity contribution is -0.0779. The molecule has 8 heteroatoms. The van der Waals surface area contributed by atoms with Gasteiger partial charge in [-0.2, -0.15) is 0 Å². The topological polar surface area (TPSA) is 84.7 Å². The zero-order valence-electron chi connectivity index (χ0n) is 13.0. The van der Waals surface area contributed by atoms with Crippen LogP contribution in [-0.2, 0) is 21.3 Å². The summed E-state index contributed by atoms with van der Waals surface area (Å²) in [6, 6.07) is 1.92.